The molecule has 0 aliphatic rings. The van der Waals surface area contributed by atoms with Crippen LogP contribution in [0.3, 0.4) is 0 Å². The van der Waals surface area contributed by atoms with Crippen LogP contribution >= 0.6 is 15.9 Å². The molecule has 1 N–H and O–H groups in total. The van der Waals surface area contributed by atoms with E-state index < -0.39 is 11.9 Å². The zero-order valence-electron chi connectivity index (χ0n) is 17.7. The molecule has 8 heteroatoms. The lowest BCUT2D eigenvalue weighted by Gasteiger charge is -2.10. The number of amides is 1. The topological polar surface area (TPSA) is 86.2 Å². The molecule has 3 rings (SSSR count). The predicted octanol–water partition coefficient (Wildman–Crippen LogP) is 4.76. The van der Waals surface area contributed by atoms with Crippen LogP contribution in [0.1, 0.15) is 31.8 Å². The van der Waals surface area contributed by atoms with Crippen LogP contribution in [0, 0.1) is 6.92 Å². The van der Waals surface area contributed by atoms with Gasteiger partial charge in [0.1, 0.15) is 5.75 Å². The number of esters is 1. The first-order chi connectivity index (χ1) is 15.4. The van der Waals surface area contributed by atoms with E-state index in [4.69, 9.17) is 14.2 Å². The van der Waals surface area contributed by atoms with Crippen molar-refractivity contribution in [1.29, 1.82) is 0 Å². The summed E-state index contributed by atoms with van der Waals surface area (Å²) in [4.78, 5) is 24.8. The Balaban J connectivity index is 1.69. The Bertz CT molecular complexity index is 1160. The van der Waals surface area contributed by atoms with Crippen molar-refractivity contribution in [1.82, 2.24) is 5.43 Å². The summed E-state index contributed by atoms with van der Waals surface area (Å²) >= 11 is 3.33. The lowest BCUT2D eigenvalue weighted by molar-refractivity contribution is 0.0729. The van der Waals surface area contributed by atoms with Gasteiger partial charge in [0.05, 0.1) is 31.6 Å². The number of hydrogen-bond acceptors (Lipinski definition) is 6. The highest BCUT2D eigenvalue weighted by atomic mass is 79.9. The minimum Gasteiger partial charge on any atom is -0.496 e. The molecule has 3 aromatic carbocycles. The minimum atomic E-state index is -0.486. The summed E-state index contributed by atoms with van der Waals surface area (Å²) in [7, 11) is 2.96. The van der Waals surface area contributed by atoms with E-state index >= 15 is 0 Å². The first-order valence-corrected chi connectivity index (χ1v) is 10.3. The van der Waals surface area contributed by atoms with E-state index in [1.165, 1.54) is 20.4 Å². The number of carbonyl (C=O) groups is 2. The van der Waals surface area contributed by atoms with Gasteiger partial charge in [-0.3, -0.25) is 4.79 Å². The fourth-order valence-electron chi connectivity index (χ4n) is 2.78. The monoisotopic (exact) mass is 496 g/mol. The first kappa shape index (κ1) is 23.0. The molecule has 32 heavy (non-hydrogen) atoms. The second-order valence-electron chi connectivity index (χ2n) is 6.71. The van der Waals surface area contributed by atoms with Crippen LogP contribution < -0.4 is 19.6 Å². The van der Waals surface area contributed by atoms with Crippen molar-refractivity contribution in [2.24, 2.45) is 5.10 Å². The van der Waals surface area contributed by atoms with Gasteiger partial charge in [0.2, 0.25) is 0 Å². The van der Waals surface area contributed by atoms with Crippen LogP contribution in [0.25, 0.3) is 0 Å². The van der Waals surface area contributed by atoms with Gasteiger partial charge in [-0.05, 0) is 61.0 Å². The van der Waals surface area contributed by atoms with Gasteiger partial charge in [0.25, 0.3) is 5.91 Å². The number of ether oxygens (including phenoxy) is 3. The maximum atomic E-state index is 12.4. The van der Waals surface area contributed by atoms with Crippen molar-refractivity contribution in [3.63, 3.8) is 0 Å². The second kappa shape index (κ2) is 10.6. The normalized spacial score (nSPS) is 10.6. The van der Waals surface area contributed by atoms with Gasteiger partial charge >= 0.3 is 5.97 Å². The van der Waals surface area contributed by atoms with Crippen LogP contribution in [-0.4, -0.2) is 32.3 Å². The van der Waals surface area contributed by atoms with E-state index in [0.29, 0.717) is 28.2 Å². The number of aryl methyl sites for hydroxylation is 1. The molecule has 0 saturated heterocycles. The summed E-state index contributed by atoms with van der Waals surface area (Å²) in [6.07, 6.45) is 1.45. The smallest absolute Gasteiger partial charge is 0.343 e. The Hall–Kier alpha value is -3.65. The van der Waals surface area contributed by atoms with Crippen LogP contribution in [-0.2, 0) is 0 Å². The Morgan fingerprint density at radius 1 is 0.906 bits per heavy atom. The van der Waals surface area contributed by atoms with Gasteiger partial charge in [-0.25, -0.2) is 10.2 Å². The van der Waals surface area contributed by atoms with E-state index in [1.54, 1.807) is 48.5 Å². The highest BCUT2D eigenvalue weighted by Gasteiger charge is 2.14. The summed E-state index contributed by atoms with van der Waals surface area (Å²) in [5.41, 5.74) is 4.93. The highest BCUT2D eigenvalue weighted by Crippen LogP contribution is 2.28. The van der Waals surface area contributed by atoms with Gasteiger partial charge in [-0.15, -0.1) is 0 Å². The van der Waals surface area contributed by atoms with Crippen LogP contribution in [0.15, 0.2) is 70.2 Å². The van der Waals surface area contributed by atoms with Crippen molar-refractivity contribution < 1.29 is 23.8 Å². The zero-order valence-corrected chi connectivity index (χ0v) is 19.3. The number of carbonyl (C=O) groups excluding carboxylic acids is 2. The van der Waals surface area contributed by atoms with Crippen molar-refractivity contribution in [2.75, 3.05) is 14.2 Å². The van der Waals surface area contributed by atoms with Crippen LogP contribution in [0.4, 0.5) is 0 Å². The SMILES string of the molecule is COc1cc(C=NNC(=O)c2cc(Br)ccc2OC)ccc1OC(=O)c1ccc(C)cc1. The molecule has 0 fully saturated rings. The Morgan fingerprint density at radius 3 is 2.28 bits per heavy atom. The number of benzene rings is 3. The average Bonchev–Trinajstić information content (AvgIpc) is 2.80. The summed E-state index contributed by atoms with van der Waals surface area (Å²) in [6, 6.07) is 17.1. The van der Waals surface area contributed by atoms with Crippen LogP contribution in [0.2, 0.25) is 0 Å². The second-order valence-corrected chi connectivity index (χ2v) is 7.63. The standard InChI is InChI=1S/C24H21BrN2O5/c1-15-4-7-17(8-5-15)24(29)32-21-10-6-16(12-22(21)31-3)14-26-27-23(28)19-13-18(25)9-11-20(19)30-2/h4-14H,1-3H3,(H,27,28). The van der Waals surface area contributed by atoms with E-state index in [9.17, 15) is 9.59 Å². The fourth-order valence-corrected chi connectivity index (χ4v) is 3.14. The van der Waals surface area contributed by atoms with Crippen molar-refractivity contribution >= 4 is 34.0 Å². The fraction of sp³-hybridized carbons (Fsp3) is 0.125. The molecular weight excluding hydrogens is 476 g/mol. The molecule has 0 heterocycles. The number of nitrogens with zero attached hydrogens (tertiary/aromatic N) is 1. The van der Waals surface area contributed by atoms with E-state index in [2.05, 4.69) is 26.5 Å². The molecule has 0 atom stereocenters. The lowest BCUT2D eigenvalue weighted by atomic mass is 10.1. The molecular formula is C24H21BrN2O5. The molecule has 164 valence electrons. The van der Waals surface area contributed by atoms with Crippen molar-refractivity contribution in [3.8, 4) is 17.2 Å². The quantitative estimate of drug-likeness (QED) is 0.220. The van der Waals surface area contributed by atoms with E-state index in [1.807, 2.05) is 19.1 Å². The maximum Gasteiger partial charge on any atom is 0.343 e. The molecule has 7 nitrogen and oxygen atoms in total. The van der Waals surface area contributed by atoms with Gasteiger partial charge in [-0.2, -0.15) is 5.10 Å². The average molecular weight is 497 g/mol. The molecule has 1 amide bonds. The number of methoxy groups -OCH3 is 2. The van der Waals surface area contributed by atoms with Gasteiger partial charge in [-0.1, -0.05) is 33.6 Å². The number of halogens is 1. The molecule has 0 aliphatic carbocycles. The zero-order chi connectivity index (χ0) is 23.1. The molecule has 0 unspecified atom stereocenters. The first-order valence-electron chi connectivity index (χ1n) is 9.55. The maximum absolute atomic E-state index is 12.4. The van der Waals surface area contributed by atoms with Gasteiger partial charge < -0.3 is 14.2 Å². The Morgan fingerprint density at radius 2 is 1.59 bits per heavy atom. The molecule has 0 bridgehead atoms. The summed E-state index contributed by atoms with van der Waals surface area (Å²) in [5.74, 6) is 0.157. The molecule has 3 aromatic rings. The van der Waals surface area contributed by atoms with E-state index in [0.717, 1.165) is 10.0 Å². The summed E-state index contributed by atoms with van der Waals surface area (Å²) < 4.78 is 16.7. The third kappa shape index (κ3) is 5.73. The number of hydrogen-bond donors (Lipinski definition) is 1. The minimum absolute atomic E-state index is 0.276. The highest BCUT2D eigenvalue weighted by molar-refractivity contribution is 9.10. The molecule has 0 radical (unpaired) electrons. The Labute approximate surface area is 194 Å². The number of rotatable bonds is 7. The molecule has 0 saturated carbocycles. The summed E-state index contributed by atoms with van der Waals surface area (Å²) in [6.45, 7) is 1.94. The van der Waals surface area contributed by atoms with Crippen molar-refractivity contribution in [3.05, 3.63) is 87.4 Å². The molecule has 0 aliphatic heterocycles. The third-order valence-corrected chi connectivity index (χ3v) is 4.96. The number of nitrogens with one attached hydrogen (secondary N) is 1. The molecule has 0 spiro atoms. The van der Waals surface area contributed by atoms with Crippen molar-refractivity contribution in [2.45, 2.75) is 6.92 Å². The predicted molar refractivity (Wildman–Crippen MR) is 125 cm³/mol. The Kier molecular flexibility index (Phi) is 7.62. The van der Waals surface area contributed by atoms with Gasteiger partial charge in [0, 0.05) is 4.47 Å². The number of hydrazone groups is 1. The van der Waals surface area contributed by atoms with Gasteiger partial charge in [0.15, 0.2) is 11.5 Å². The third-order valence-electron chi connectivity index (χ3n) is 4.46. The lowest BCUT2D eigenvalue weighted by Crippen LogP contribution is -2.18. The summed E-state index contributed by atoms with van der Waals surface area (Å²) in [5, 5.41) is 3.99. The molecule has 0 aromatic heterocycles. The van der Waals surface area contributed by atoms with E-state index in [-0.39, 0.29) is 5.75 Å². The van der Waals surface area contributed by atoms with Crippen LogP contribution in [0.5, 0.6) is 17.2 Å². The largest absolute Gasteiger partial charge is 0.496 e.